The van der Waals surface area contributed by atoms with Gasteiger partial charge in [0.15, 0.2) is 0 Å². The summed E-state index contributed by atoms with van der Waals surface area (Å²) in [6.45, 7) is 3.39. The van der Waals surface area contributed by atoms with Gasteiger partial charge in [0.2, 0.25) is 10.0 Å². The van der Waals surface area contributed by atoms with Crippen LogP contribution in [0.2, 0.25) is 5.02 Å². The first-order chi connectivity index (χ1) is 8.70. The maximum atomic E-state index is 11.5. The number of nitrogens with two attached hydrogens (primary N) is 2. The third kappa shape index (κ3) is 2.58. The number of aryl methyl sites for hydroxylation is 1. The minimum Gasteiger partial charge on any atom is -0.399 e. The number of hydrogen-bond donors (Lipinski definition) is 2. The van der Waals surface area contributed by atoms with Gasteiger partial charge in [-0.2, -0.15) is 5.10 Å². The SMILES string of the molecule is Cc1nn(-c2cc(N)cc(S(N)(=O)=O)c2C)cc1Cl. The standard InChI is InChI=1S/C11H13ClN4O2S/c1-6-10(16-5-9(12)7(2)15-16)3-8(13)4-11(6)19(14,17)18/h3-5H,13H2,1-2H3,(H2,14,17,18). The van der Waals surface area contributed by atoms with Gasteiger partial charge in [0.25, 0.3) is 0 Å². The summed E-state index contributed by atoms with van der Waals surface area (Å²) < 4.78 is 24.5. The van der Waals surface area contributed by atoms with Crippen LogP contribution in [0, 0.1) is 13.8 Å². The number of anilines is 1. The summed E-state index contributed by atoms with van der Waals surface area (Å²) in [5.41, 5.74) is 7.63. The molecule has 0 amide bonds. The smallest absolute Gasteiger partial charge is 0.238 e. The van der Waals surface area contributed by atoms with Crippen molar-refractivity contribution in [3.63, 3.8) is 0 Å². The van der Waals surface area contributed by atoms with Crippen molar-refractivity contribution < 1.29 is 8.42 Å². The lowest BCUT2D eigenvalue weighted by atomic mass is 10.2. The number of primary sulfonamides is 1. The Bertz CT molecular complexity index is 733. The summed E-state index contributed by atoms with van der Waals surface area (Å²) in [7, 11) is -3.84. The average Bonchev–Trinajstić information content (AvgIpc) is 2.60. The molecule has 0 aliphatic heterocycles. The van der Waals surface area contributed by atoms with Gasteiger partial charge in [-0.3, -0.25) is 0 Å². The van der Waals surface area contributed by atoms with E-state index in [4.69, 9.17) is 22.5 Å². The molecule has 8 heteroatoms. The molecule has 0 radical (unpaired) electrons. The number of nitrogen functional groups attached to an aromatic ring is 1. The molecule has 0 aliphatic rings. The fraction of sp³-hybridized carbons (Fsp3) is 0.182. The molecule has 1 aromatic carbocycles. The summed E-state index contributed by atoms with van der Waals surface area (Å²) >= 11 is 5.94. The highest BCUT2D eigenvalue weighted by molar-refractivity contribution is 7.89. The van der Waals surface area contributed by atoms with Gasteiger partial charge in [0, 0.05) is 11.9 Å². The van der Waals surface area contributed by atoms with Crippen LogP contribution in [0.3, 0.4) is 0 Å². The van der Waals surface area contributed by atoms with Gasteiger partial charge in [-0.1, -0.05) is 11.6 Å². The van der Waals surface area contributed by atoms with Gasteiger partial charge in [-0.15, -0.1) is 0 Å². The van der Waals surface area contributed by atoms with Crippen molar-refractivity contribution in [2.45, 2.75) is 18.7 Å². The number of rotatable bonds is 2. The van der Waals surface area contributed by atoms with E-state index in [2.05, 4.69) is 5.10 Å². The lowest BCUT2D eigenvalue weighted by molar-refractivity contribution is 0.597. The molecular weight excluding hydrogens is 288 g/mol. The molecule has 6 nitrogen and oxygen atoms in total. The summed E-state index contributed by atoms with van der Waals surface area (Å²) in [6.07, 6.45) is 1.59. The van der Waals surface area contributed by atoms with Crippen molar-refractivity contribution >= 4 is 27.3 Å². The Morgan fingerprint density at radius 2 is 1.95 bits per heavy atom. The molecule has 0 bridgehead atoms. The van der Waals surface area contributed by atoms with Gasteiger partial charge in [0.1, 0.15) is 0 Å². The maximum absolute atomic E-state index is 11.5. The molecule has 1 heterocycles. The lowest BCUT2D eigenvalue weighted by Gasteiger charge is -2.11. The summed E-state index contributed by atoms with van der Waals surface area (Å²) in [6, 6.07) is 2.94. The molecular formula is C11H13ClN4O2S. The van der Waals surface area contributed by atoms with Gasteiger partial charge < -0.3 is 5.73 Å². The van der Waals surface area contributed by atoms with Gasteiger partial charge in [-0.05, 0) is 31.5 Å². The molecule has 0 spiro atoms. The minimum absolute atomic E-state index is 0.0215. The quantitative estimate of drug-likeness (QED) is 0.817. The second-order valence-corrected chi connectivity index (χ2v) is 6.15. The highest BCUT2D eigenvalue weighted by Crippen LogP contribution is 2.26. The van der Waals surface area contributed by atoms with Crippen molar-refractivity contribution in [3.05, 3.63) is 34.6 Å². The Morgan fingerprint density at radius 3 is 2.42 bits per heavy atom. The predicted molar refractivity (Wildman–Crippen MR) is 73.8 cm³/mol. The highest BCUT2D eigenvalue weighted by Gasteiger charge is 2.17. The Kier molecular flexibility index (Phi) is 3.29. The van der Waals surface area contributed by atoms with Crippen LogP contribution >= 0.6 is 11.6 Å². The van der Waals surface area contributed by atoms with Crippen LogP contribution in [-0.2, 0) is 10.0 Å². The number of benzene rings is 1. The molecule has 0 atom stereocenters. The highest BCUT2D eigenvalue weighted by atomic mass is 35.5. The second kappa shape index (κ2) is 4.52. The Morgan fingerprint density at radius 1 is 1.32 bits per heavy atom. The molecule has 0 saturated heterocycles. The largest absolute Gasteiger partial charge is 0.399 e. The number of halogens is 1. The van der Waals surface area contributed by atoms with Gasteiger partial charge in [0.05, 0.1) is 21.3 Å². The molecule has 19 heavy (non-hydrogen) atoms. The van der Waals surface area contributed by atoms with E-state index in [1.165, 1.54) is 10.7 Å². The molecule has 0 fully saturated rings. The molecule has 2 rings (SSSR count). The number of nitrogens with zero attached hydrogens (tertiary/aromatic N) is 2. The minimum atomic E-state index is -3.84. The van der Waals surface area contributed by atoms with E-state index in [-0.39, 0.29) is 10.6 Å². The third-order valence-electron chi connectivity index (χ3n) is 2.75. The van der Waals surface area contributed by atoms with Crippen LogP contribution in [0.25, 0.3) is 5.69 Å². The summed E-state index contributed by atoms with van der Waals surface area (Å²) in [5, 5.41) is 9.85. The van der Waals surface area contributed by atoms with Crippen molar-refractivity contribution in [2.24, 2.45) is 5.14 Å². The monoisotopic (exact) mass is 300 g/mol. The van der Waals surface area contributed by atoms with E-state index in [1.807, 2.05) is 0 Å². The van der Waals surface area contributed by atoms with E-state index in [0.717, 1.165) is 0 Å². The zero-order valence-electron chi connectivity index (χ0n) is 10.4. The second-order valence-electron chi connectivity index (χ2n) is 4.22. The fourth-order valence-electron chi connectivity index (χ4n) is 1.79. The lowest BCUT2D eigenvalue weighted by Crippen LogP contribution is -2.15. The van der Waals surface area contributed by atoms with E-state index >= 15 is 0 Å². The van der Waals surface area contributed by atoms with Crippen molar-refractivity contribution in [1.82, 2.24) is 9.78 Å². The predicted octanol–water partition coefficient (Wildman–Crippen LogP) is 1.37. The fourth-order valence-corrected chi connectivity index (χ4v) is 2.75. The van der Waals surface area contributed by atoms with Crippen molar-refractivity contribution in [1.29, 1.82) is 0 Å². The molecule has 102 valence electrons. The number of sulfonamides is 1. The van der Waals surface area contributed by atoms with Gasteiger partial charge >= 0.3 is 0 Å². The molecule has 4 N–H and O–H groups in total. The van der Waals surface area contributed by atoms with Crippen LogP contribution in [-0.4, -0.2) is 18.2 Å². The first-order valence-electron chi connectivity index (χ1n) is 5.35. The van der Waals surface area contributed by atoms with Crippen LogP contribution in [0.15, 0.2) is 23.2 Å². The molecule has 1 aromatic heterocycles. The number of hydrogen-bond acceptors (Lipinski definition) is 4. The molecule has 0 unspecified atom stereocenters. The molecule has 0 saturated carbocycles. The van der Waals surface area contributed by atoms with E-state index < -0.39 is 10.0 Å². The van der Waals surface area contributed by atoms with Gasteiger partial charge in [-0.25, -0.2) is 18.2 Å². The van der Waals surface area contributed by atoms with Crippen LogP contribution in [0.4, 0.5) is 5.69 Å². The normalized spacial score (nSPS) is 11.8. The van der Waals surface area contributed by atoms with E-state index in [1.54, 1.807) is 26.1 Å². The zero-order valence-corrected chi connectivity index (χ0v) is 12.0. The van der Waals surface area contributed by atoms with E-state index in [0.29, 0.717) is 22.0 Å². The van der Waals surface area contributed by atoms with Crippen LogP contribution in [0.5, 0.6) is 0 Å². The van der Waals surface area contributed by atoms with E-state index in [9.17, 15) is 8.42 Å². The molecule has 0 aliphatic carbocycles. The Labute approximate surface area is 116 Å². The summed E-state index contributed by atoms with van der Waals surface area (Å²) in [5.74, 6) is 0. The van der Waals surface area contributed by atoms with Crippen LogP contribution in [0.1, 0.15) is 11.3 Å². The average molecular weight is 301 g/mol. The van der Waals surface area contributed by atoms with Crippen LogP contribution < -0.4 is 10.9 Å². The maximum Gasteiger partial charge on any atom is 0.238 e. The summed E-state index contributed by atoms with van der Waals surface area (Å²) in [4.78, 5) is -0.0215. The zero-order chi connectivity index (χ0) is 14.4. The third-order valence-corrected chi connectivity index (χ3v) is 4.16. The van der Waals surface area contributed by atoms with Crippen molar-refractivity contribution in [3.8, 4) is 5.69 Å². The Balaban J connectivity index is 2.75. The first kappa shape index (κ1) is 13.9. The van der Waals surface area contributed by atoms with Crippen molar-refractivity contribution in [2.75, 3.05) is 5.73 Å². The Hall–Kier alpha value is -1.57. The molecule has 2 aromatic rings. The first-order valence-corrected chi connectivity index (χ1v) is 7.27. The number of aromatic nitrogens is 2. The topological polar surface area (TPSA) is 104 Å².